The fraction of sp³-hybridized carbons (Fsp3) is 0.704. The van der Waals surface area contributed by atoms with E-state index >= 15 is 0 Å². The number of ether oxygens (including phenoxy) is 2. The maximum Gasteiger partial charge on any atom is 0.165 e. The van der Waals surface area contributed by atoms with Crippen LogP contribution < -0.4 is 9.47 Å². The Balaban J connectivity index is 0.00000245. The molecule has 2 heterocycles. The van der Waals surface area contributed by atoms with Crippen LogP contribution in [0.5, 0.6) is 11.5 Å². The third kappa shape index (κ3) is 3.86. The molecule has 32 heavy (non-hydrogen) atoms. The summed E-state index contributed by atoms with van der Waals surface area (Å²) in [6.07, 6.45) is 16.0. The Morgan fingerprint density at radius 1 is 1.09 bits per heavy atom. The molecule has 0 saturated carbocycles. The van der Waals surface area contributed by atoms with Crippen molar-refractivity contribution in [3.8, 4) is 11.5 Å². The maximum atomic E-state index is 10.8. The molecule has 5 rings (SSSR count). The second-order valence-electron chi connectivity index (χ2n) is 10.2. The van der Waals surface area contributed by atoms with Crippen molar-refractivity contribution in [3.05, 3.63) is 35.4 Å². The minimum atomic E-state index is -0.542. The summed E-state index contributed by atoms with van der Waals surface area (Å²) >= 11 is 0. The molecule has 1 aromatic rings. The van der Waals surface area contributed by atoms with Crippen LogP contribution in [0.15, 0.2) is 24.3 Å². The first-order valence-electron chi connectivity index (χ1n) is 12.7. The van der Waals surface area contributed by atoms with Gasteiger partial charge >= 0.3 is 0 Å². The van der Waals surface area contributed by atoms with Crippen LogP contribution >= 0.6 is 12.4 Å². The fourth-order valence-corrected chi connectivity index (χ4v) is 6.76. The van der Waals surface area contributed by atoms with Crippen molar-refractivity contribution >= 4 is 12.4 Å². The van der Waals surface area contributed by atoms with Gasteiger partial charge in [-0.3, -0.25) is 0 Å². The van der Waals surface area contributed by atoms with E-state index in [0.29, 0.717) is 12.0 Å². The highest BCUT2D eigenvalue weighted by Crippen LogP contribution is 2.62. The number of rotatable bonds is 10. The molecule has 5 atom stereocenters. The van der Waals surface area contributed by atoms with Crippen LogP contribution in [0.1, 0.15) is 75.8 Å². The number of aliphatic hydroxyl groups is 1. The Labute approximate surface area is 199 Å². The Bertz CT molecular complexity index is 827. The fourth-order valence-electron chi connectivity index (χ4n) is 6.76. The SMILES string of the molecule is CCCCCCCCCCOc1ccc2c3c1OC1C(O)C=CC4C(C2)N(C)CCC341.Cl. The topological polar surface area (TPSA) is 41.9 Å². The molecule has 4 nitrogen and oxygen atoms in total. The van der Waals surface area contributed by atoms with Crippen LogP contribution in [0, 0.1) is 5.92 Å². The number of aliphatic hydroxyl groups excluding tert-OH is 1. The number of benzene rings is 1. The number of halogens is 1. The van der Waals surface area contributed by atoms with Gasteiger partial charge in [0.2, 0.25) is 0 Å². The normalized spacial score (nSPS) is 31.6. The lowest BCUT2D eigenvalue weighted by atomic mass is 9.53. The Kier molecular flexibility index (Phi) is 7.43. The van der Waals surface area contributed by atoms with Crippen LogP contribution in [0.25, 0.3) is 0 Å². The van der Waals surface area contributed by atoms with Gasteiger partial charge in [-0.2, -0.15) is 0 Å². The van der Waals surface area contributed by atoms with Gasteiger partial charge in [0.05, 0.1) is 6.61 Å². The first kappa shape index (κ1) is 23.9. The van der Waals surface area contributed by atoms with Crippen molar-refractivity contribution in [3.63, 3.8) is 0 Å². The highest BCUT2D eigenvalue weighted by molar-refractivity contribution is 5.85. The summed E-state index contributed by atoms with van der Waals surface area (Å²) in [6.45, 7) is 4.07. The van der Waals surface area contributed by atoms with Gasteiger partial charge < -0.3 is 19.5 Å². The number of unbranched alkanes of at least 4 members (excludes halogenated alkanes) is 7. The largest absolute Gasteiger partial charge is 0.490 e. The molecule has 4 aliphatic rings. The second kappa shape index (κ2) is 9.95. The van der Waals surface area contributed by atoms with E-state index in [4.69, 9.17) is 9.47 Å². The Hall–Kier alpha value is -1.23. The van der Waals surface area contributed by atoms with Crippen molar-refractivity contribution < 1.29 is 14.6 Å². The van der Waals surface area contributed by atoms with Gasteiger partial charge in [-0.05, 0) is 44.5 Å². The predicted molar refractivity (Wildman–Crippen MR) is 131 cm³/mol. The summed E-state index contributed by atoms with van der Waals surface area (Å²) in [5.41, 5.74) is 2.66. The molecule has 1 aromatic carbocycles. The zero-order chi connectivity index (χ0) is 21.4. The predicted octanol–water partition coefficient (Wildman–Crippen LogP) is 5.43. The second-order valence-corrected chi connectivity index (χ2v) is 10.2. The summed E-state index contributed by atoms with van der Waals surface area (Å²) in [4.78, 5) is 2.50. The molecule has 1 saturated heterocycles. The van der Waals surface area contributed by atoms with Crippen molar-refractivity contribution in [2.75, 3.05) is 20.2 Å². The van der Waals surface area contributed by atoms with Gasteiger partial charge in [-0.1, -0.05) is 70.1 Å². The number of piperidine rings is 1. The molecule has 2 aliphatic carbocycles. The van der Waals surface area contributed by atoms with E-state index in [0.717, 1.165) is 43.9 Å². The Morgan fingerprint density at radius 3 is 2.62 bits per heavy atom. The van der Waals surface area contributed by atoms with Gasteiger partial charge in [0.25, 0.3) is 0 Å². The number of hydrogen-bond donors (Lipinski definition) is 1. The molecule has 1 fully saturated rings. The zero-order valence-electron chi connectivity index (χ0n) is 19.7. The summed E-state index contributed by atoms with van der Waals surface area (Å²) in [5, 5.41) is 10.8. The molecule has 0 amide bonds. The summed E-state index contributed by atoms with van der Waals surface area (Å²) in [7, 11) is 2.24. The molecule has 2 bridgehead atoms. The average molecular weight is 462 g/mol. The number of hydrogen-bond acceptors (Lipinski definition) is 4. The number of nitrogens with zero attached hydrogens (tertiary/aromatic N) is 1. The molecule has 1 N–H and O–H groups in total. The van der Waals surface area contributed by atoms with Crippen molar-refractivity contribution in [2.24, 2.45) is 5.92 Å². The van der Waals surface area contributed by atoms with Crippen LogP contribution in [0.3, 0.4) is 0 Å². The lowest BCUT2D eigenvalue weighted by Crippen LogP contribution is -2.64. The van der Waals surface area contributed by atoms with Crippen LogP contribution in [0.4, 0.5) is 0 Å². The lowest BCUT2D eigenvalue weighted by molar-refractivity contribution is -0.0454. The van der Waals surface area contributed by atoms with E-state index in [1.165, 1.54) is 56.1 Å². The summed E-state index contributed by atoms with van der Waals surface area (Å²) < 4.78 is 12.8. The molecule has 0 radical (unpaired) electrons. The van der Waals surface area contributed by atoms with E-state index in [9.17, 15) is 5.11 Å². The minimum Gasteiger partial charge on any atom is -0.490 e. The molecule has 178 valence electrons. The lowest BCUT2D eigenvalue weighted by Gasteiger charge is -2.56. The smallest absolute Gasteiger partial charge is 0.165 e. The maximum absolute atomic E-state index is 10.8. The van der Waals surface area contributed by atoms with E-state index in [1.54, 1.807) is 0 Å². The standard InChI is InChI=1S/C27H39NO3.ClH/c1-3-4-5-6-7-8-9-10-17-30-23-14-11-19-18-21-20-12-13-22(29)26-27(20,15-16-28(21)2)24(19)25(23)31-26;/h11-14,20-22,26,29H,3-10,15-18H2,1-2H3;1H. The van der Waals surface area contributed by atoms with Crippen molar-refractivity contribution in [2.45, 2.75) is 94.8 Å². The molecule has 5 heteroatoms. The van der Waals surface area contributed by atoms with Gasteiger partial charge in [0, 0.05) is 22.9 Å². The van der Waals surface area contributed by atoms with Gasteiger partial charge in [-0.15, -0.1) is 12.4 Å². The Morgan fingerprint density at radius 2 is 1.84 bits per heavy atom. The first-order chi connectivity index (χ1) is 15.2. The van der Waals surface area contributed by atoms with Gasteiger partial charge in [0.15, 0.2) is 11.5 Å². The third-order valence-electron chi connectivity index (χ3n) is 8.39. The van der Waals surface area contributed by atoms with Crippen LogP contribution in [0.2, 0.25) is 0 Å². The molecular formula is C27H40ClNO3. The van der Waals surface area contributed by atoms with Crippen LogP contribution in [-0.4, -0.2) is 48.5 Å². The zero-order valence-corrected chi connectivity index (χ0v) is 20.5. The van der Waals surface area contributed by atoms with Gasteiger partial charge in [-0.25, -0.2) is 0 Å². The molecule has 2 aliphatic heterocycles. The number of likely N-dealkylation sites (N-methyl/N-ethyl adjacent to an activating group) is 1. The minimum absolute atomic E-state index is 0. The van der Waals surface area contributed by atoms with Crippen LogP contribution in [-0.2, 0) is 11.8 Å². The first-order valence-corrected chi connectivity index (χ1v) is 12.7. The summed E-state index contributed by atoms with van der Waals surface area (Å²) in [6, 6.07) is 4.87. The van der Waals surface area contributed by atoms with E-state index in [2.05, 4.69) is 37.1 Å². The molecule has 0 aromatic heterocycles. The van der Waals surface area contributed by atoms with Crippen molar-refractivity contribution in [1.29, 1.82) is 0 Å². The quantitative estimate of drug-likeness (QED) is 0.372. The summed E-state index contributed by atoms with van der Waals surface area (Å²) in [5.74, 6) is 2.22. The van der Waals surface area contributed by atoms with Crippen molar-refractivity contribution in [1.82, 2.24) is 4.90 Å². The van der Waals surface area contributed by atoms with Gasteiger partial charge in [0.1, 0.15) is 12.2 Å². The average Bonchev–Trinajstić information content (AvgIpc) is 3.13. The highest BCUT2D eigenvalue weighted by Gasteiger charge is 2.64. The van der Waals surface area contributed by atoms with E-state index in [1.807, 2.05) is 6.08 Å². The molecule has 5 unspecified atom stereocenters. The number of likely N-dealkylation sites (tertiary alicyclic amines) is 1. The monoisotopic (exact) mass is 461 g/mol. The highest BCUT2D eigenvalue weighted by atomic mass is 35.5. The molecular weight excluding hydrogens is 422 g/mol. The van der Waals surface area contributed by atoms with E-state index < -0.39 is 6.10 Å². The third-order valence-corrected chi connectivity index (χ3v) is 8.39. The van der Waals surface area contributed by atoms with E-state index in [-0.39, 0.29) is 23.9 Å². The molecule has 1 spiro atoms.